The van der Waals surface area contributed by atoms with Crippen LogP contribution >= 0.6 is 0 Å². The van der Waals surface area contributed by atoms with E-state index >= 15 is 0 Å². The highest BCUT2D eigenvalue weighted by Gasteiger charge is 2.28. The average molecular weight is 389 g/mol. The van der Waals surface area contributed by atoms with E-state index in [1.165, 1.54) is 18.4 Å². The van der Waals surface area contributed by atoms with Gasteiger partial charge in [0.05, 0.1) is 16.4 Å². The van der Waals surface area contributed by atoms with Gasteiger partial charge in [-0.05, 0) is 24.1 Å². The van der Waals surface area contributed by atoms with Gasteiger partial charge in [-0.1, -0.05) is 12.1 Å². The summed E-state index contributed by atoms with van der Waals surface area (Å²) in [6, 6.07) is 6.45. The molecule has 140 valence electrons. The van der Waals surface area contributed by atoms with E-state index in [0.29, 0.717) is 18.9 Å². The Balaban J connectivity index is 1.94. The van der Waals surface area contributed by atoms with Gasteiger partial charge in [-0.25, -0.2) is 21.1 Å². The quantitative estimate of drug-likeness (QED) is 0.534. The number of guanidine groups is 1. The smallest absolute Gasteiger partial charge is 0.242 e. The zero-order valence-electron chi connectivity index (χ0n) is 14.6. The fraction of sp³-hybridized carbons (Fsp3) is 0.533. The van der Waals surface area contributed by atoms with Gasteiger partial charge in [0, 0.05) is 33.7 Å². The van der Waals surface area contributed by atoms with Crippen LogP contribution in [0.2, 0.25) is 0 Å². The molecule has 8 nitrogen and oxygen atoms in total. The Labute approximate surface area is 149 Å². The van der Waals surface area contributed by atoms with Crippen molar-refractivity contribution in [1.82, 2.24) is 14.9 Å². The molecule has 0 bridgehead atoms. The number of nitrogens with one attached hydrogen (secondary N) is 2. The molecule has 2 N–H and O–H groups in total. The molecule has 1 aliphatic rings. The van der Waals surface area contributed by atoms with Crippen LogP contribution in [0, 0.1) is 0 Å². The maximum atomic E-state index is 12.0. The Morgan fingerprint density at radius 1 is 1.28 bits per heavy atom. The molecule has 1 fully saturated rings. The van der Waals surface area contributed by atoms with Crippen molar-refractivity contribution in [1.29, 1.82) is 0 Å². The van der Waals surface area contributed by atoms with Crippen LogP contribution in [0.3, 0.4) is 0 Å². The Hall–Kier alpha value is -1.65. The summed E-state index contributed by atoms with van der Waals surface area (Å²) in [5.74, 6) is 0.834. The Morgan fingerprint density at radius 3 is 2.40 bits per heavy atom. The number of nitrogens with zero attached hydrogens (tertiary/aromatic N) is 2. The first-order valence-electron chi connectivity index (χ1n) is 7.83. The summed E-state index contributed by atoms with van der Waals surface area (Å²) >= 11 is 0. The number of sulfone groups is 1. The molecule has 1 atom stereocenters. The van der Waals surface area contributed by atoms with Crippen molar-refractivity contribution in [2.24, 2.45) is 4.99 Å². The summed E-state index contributed by atoms with van der Waals surface area (Å²) in [4.78, 5) is 4.33. The van der Waals surface area contributed by atoms with Crippen molar-refractivity contribution in [2.75, 3.05) is 32.6 Å². The lowest BCUT2D eigenvalue weighted by Gasteiger charge is -2.16. The summed E-state index contributed by atoms with van der Waals surface area (Å²) in [7, 11) is -1.79. The van der Waals surface area contributed by atoms with Crippen LogP contribution in [0.1, 0.15) is 12.0 Å². The first-order chi connectivity index (χ1) is 11.6. The summed E-state index contributed by atoms with van der Waals surface area (Å²) in [6.45, 7) is 0.446. The minimum Gasteiger partial charge on any atom is -0.353 e. The molecule has 10 heteroatoms. The average Bonchev–Trinajstić information content (AvgIpc) is 2.90. The second kappa shape index (κ2) is 7.71. The second-order valence-corrected chi connectivity index (χ2v) is 10.5. The number of sulfonamides is 1. The minimum absolute atomic E-state index is 0.116. The number of benzene rings is 1. The van der Waals surface area contributed by atoms with Crippen molar-refractivity contribution >= 4 is 25.8 Å². The molecule has 0 radical (unpaired) electrons. The standard InChI is InChI=1S/C15H24N4O4S2/c1-16-15(18-13-8-9-24(20,21)11-13)17-10-12-4-6-14(7-5-12)25(22,23)19(2)3/h4-7,13H,8-11H2,1-3H3,(H2,16,17,18). The highest BCUT2D eigenvalue weighted by atomic mass is 32.2. The third-order valence-electron chi connectivity index (χ3n) is 3.96. The molecule has 0 spiro atoms. The van der Waals surface area contributed by atoms with Crippen LogP contribution < -0.4 is 10.6 Å². The van der Waals surface area contributed by atoms with Gasteiger partial charge >= 0.3 is 0 Å². The molecule has 1 unspecified atom stereocenters. The minimum atomic E-state index is -3.44. The number of hydrogen-bond acceptors (Lipinski definition) is 5. The van der Waals surface area contributed by atoms with E-state index in [9.17, 15) is 16.8 Å². The van der Waals surface area contributed by atoms with Gasteiger partial charge in [0.2, 0.25) is 10.0 Å². The lowest BCUT2D eigenvalue weighted by atomic mass is 10.2. The Bertz CT molecular complexity index is 831. The molecule has 1 saturated heterocycles. The largest absolute Gasteiger partial charge is 0.353 e. The number of rotatable bonds is 5. The molecule has 2 rings (SSSR count). The molecule has 1 aromatic carbocycles. The predicted octanol–water partition coefficient (Wildman–Crippen LogP) is -0.211. The SMILES string of the molecule is CN=C(NCc1ccc(S(=O)(=O)N(C)C)cc1)NC1CCS(=O)(=O)C1. The predicted molar refractivity (Wildman–Crippen MR) is 97.7 cm³/mol. The number of hydrogen-bond donors (Lipinski definition) is 2. The molecular weight excluding hydrogens is 364 g/mol. The third-order valence-corrected chi connectivity index (χ3v) is 7.56. The van der Waals surface area contributed by atoms with Crippen LogP contribution in [0.4, 0.5) is 0 Å². The zero-order chi connectivity index (χ0) is 18.7. The molecule has 1 aromatic rings. The fourth-order valence-electron chi connectivity index (χ4n) is 2.47. The van der Waals surface area contributed by atoms with Crippen molar-refractivity contribution in [2.45, 2.75) is 23.9 Å². The van der Waals surface area contributed by atoms with Gasteiger partial charge in [0.1, 0.15) is 0 Å². The molecule has 1 heterocycles. The van der Waals surface area contributed by atoms with E-state index in [1.54, 1.807) is 31.3 Å². The van der Waals surface area contributed by atoms with Crippen LogP contribution in [-0.2, 0) is 26.4 Å². The lowest BCUT2D eigenvalue weighted by Crippen LogP contribution is -2.43. The molecular formula is C15H24N4O4S2. The van der Waals surface area contributed by atoms with E-state index in [-0.39, 0.29) is 22.4 Å². The Morgan fingerprint density at radius 2 is 1.92 bits per heavy atom. The van der Waals surface area contributed by atoms with Crippen molar-refractivity contribution in [3.8, 4) is 0 Å². The van der Waals surface area contributed by atoms with Gasteiger partial charge in [-0.3, -0.25) is 4.99 Å². The van der Waals surface area contributed by atoms with Crippen LogP contribution in [0.5, 0.6) is 0 Å². The molecule has 0 saturated carbocycles. The summed E-state index contributed by atoms with van der Waals surface area (Å²) < 4.78 is 48.2. The first kappa shape index (κ1) is 19.7. The Kier molecular flexibility index (Phi) is 6.07. The fourth-order valence-corrected chi connectivity index (χ4v) is 5.05. The first-order valence-corrected chi connectivity index (χ1v) is 11.1. The third kappa shape index (κ3) is 5.16. The molecule has 25 heavy (non-hydrogen) atoms. The van der Waals surface area contributed by atoms with Gasteiger partial charge in [-0.2, -0.15) is 0 Å². The van der Waals surface area contributed by atoms with Gasteiger partial charge in [0.15, 0.2) is 15.8 Å². The van der Waals surface area contributed by atoms with Crippen molar-refractivity contribution in [3.05, 3.63) is 29.8 Å². The molecule has 0 amide bonds. The van der Waals surface area contributed by atoms with Crippen molar-refractivity contribution in [3.63, 3.8) is 0 Å². The van der Waals surface area contributed by atoms with Crippen molar-refractivity contribution < 1.29 is 16.8 Å². The van der Waals surface area contributed by atoms with E-state index in [1.807, 2.05) is 0 Å². The second-order valence-electron chi connectivity index (χ2n) is 6.10. The van der Waals surface area contributed by atoms with E-state index < -0.39 is 19.9 Å². The summed E-state index contributed by atoms with van der Waals surface area (Å²) in [6.07, 6.45) is 0.570. The van der Waals surface area contributed by atoms with E-state index in [4.69, 9.17) is 0 Å². The van der Waals surface area contributed by atoms with Crippen LogP contribution in [-0.4, -0.2) is 65.8 Å². The normalized spacial score (nSPS) is 20.6. The molecule has 1 aliphatic heterocycles. The zero-order valence-corrected chi connectivity index (χ0v) is 16.2. The van der Waals surface area contributed by atoms with E-state index in [0.717, 1.165) is 5.56 Å². The topological polar surface area (TPSA) is 108 Å². The number of aliphatic imine (C=N–C) groups is 1. The van der Waals surface area contributed by atoms with Gasteiger partial charge in [-0.15, -0.1) is 0 Å². The maximum Gasteiger partial charge on any atom is 0.242 e. The summed E-state index contributed by atoms with van der Waals surface area (Å²) in [5.41, 5.74) is 0.889. The highest BCUT2D eigenvalue weighted by Crippen LogP contribution is 2.14. The highest BCUT2D eigenvalue weighted by molar-refractivity contribution is 7.91. The molecule has 0 aromatic heterocycles. The van der Waals surface area contributed by atoms with Crippen LogP contribution in [0.15, 0.2) is 34.2 Å². The monoisotopic (exact) mass is 388 g/mol. The van der Waals surface area contributed by atoms with Crippen LogP contribution in [0.25, 0.3) is 0 Å². The lowest BCUT2D eigenvalue weighted by molar-refractivity contribution is 0.520. The van der Waals surface area contributed by atoms with Gasteiger partial charge in [0.25, 0.3) is 0 Å². The maximum absolute atomic E-state index is 12.0. The van der Waals surface area contributed by atoms with E-state index in [2.05, 4.69) is 15.6 Å². The van der Waals surface area contributed by atoms with Gasteiger partial charge < -0.3 is 10.6 Å². The summed E-state index contributed by atoms with van der Waals surface area (Å²) in [5, 5.41) is 6.20. The molecule has 0 aliphatic carbocycles.